The van der Waals surface area contributed by atoms with E-state index in [2.05, 4.69) is 32.2 Å². The minimum atomic E-state index is -0.0110. The molecule has 1 N–H and O–H groups in total. The van der Waals surface area contributed by atoms with Crippen molar-refractivity contribution in [3.63, 3.8) is 0 Å². The summed E-state index contributed by atoms with van der Waals surface area (Å²) in [5, 5.41) is 5.31. The fourth-order valence-corrected chi connectivity index (χ4v) is 4.17. The number of nitrogens with one attached hydrogen (secondary N) is 1. The second kappa shape index (κ2) is 9.61. The Bertz CT molecular complexity index is 1160. The number of carbonyl (C=O) groups is 1. The van der Waals surface area contributed by atoms with Crippen molar-refractivity contribution in [3.05, 3.63) is 71.1 Å². The molecule has 0 amide bonds. The van der Waals surface area contributed by atoms with E-state index in [-0.39, 0.29) is 11.8 Å². The number of anilines is 1. The first-order chi connectivity index (χ1) is 15.2. The average molecular weight is 434 g/mol. The zero-order chi connectivity index (χ0) is 21.6. The molecule has 0 aromatic carbocycles. The van der Waals surface area contributed by atoms with E-state index in [0.29, 0.717) is 30.4 Å². The third-order valence-corrected chi connectivity index (χ3v) is 5.92. The van der Waals surface area contributed by atoms with Gasteiger partial charge in [0.15, 0.2) is 5.78 Å². The fourth-order valence-electron chi connectivity index (χ4n) is 3.33. The Hall–Kier alpha value is -3.39. The number of nitrogens with zero attached hydrogens (tertiary/aromatic N) is 4. The van der Waals surface area contributed by atoms with Crippen LogP contribution in [0.5, 0.6) is 5.88 Å². The summed E-state index contributed by atoms with van der Waals surface area (Å²) in [6.45, 7) is 2.09. The Labute approximate surface area is 184 Å². The van der Waals surface area contributed by atoms with Crippen LogP contribution in [0.1, 0.15) is 47.4 Å². The largest absolute Gasteiger partial charge is 0.481 e. The molecule has 4 aromatic rings. The van der Waals surface area contributed by atoms with Crippen LogP contribution >= 0.6 is 11.3 Å². The van der Waals surface area contributed by atoms with E-state index in [9.17, 15) is 4.79 Å². The summed E-state index contributed by atoms with van der Waals surface area (Å²) in [6, 6.07) is 9.58. The Morgan fingerprint density at radius 1 is 1.19 bits per heavy atom. The van der Waals surface area contributed by atoms with E-state index >= 15 is 0 Å². The summed E-state index contributed by atoms with van der Waals surface area (Å²) in [6.07, 6.45) is 7.09. The maximum Gasteiger partial charge on any atom is 0.224 e. The maximum absolute atomic E-state index is 13.1. The van der Waals surface area contributed by atoms with Crippen molar-refractivity contribution in [1.82, 2.24) is 19.9 Å². The molecule has 0 aliphatic heterocycles. The van der Waals surface area contributed by atoms with Gasteiger partial charge in [0.25, 0.3) is 0 Å². The van der Waals surface area contributed by atoms with Crippen LogP contribution in [0.4, 0.5) is 5.95 Å². The number of pyridine rings is 2. The first kappa shape index (κ1) is 20.9. The van der Waals surface area contributed by atoms with Crippen molar-refractivity contribution in [1.29, 1.82) is 0 Å². The molecule has 0 spiro atoms. The number of hydrogen-bond donors (Lipinski definition) is 1. The molecular formula is C23H23N5O2S. The van der Waals surface area contributed by atoms with E-state index in [1.54, 1.807) is 25.6 Å². The minimum Gasteiger partial charge on any atom is -0.481 e. The van der Waals surface area contributed by atoms with Gasteiger partial charge in [-0.2, -0.15) is 0 Å². The van der Waals surface area contributed by atoms with Crippen LogP contribution < -0.4 is 10.1 Å². The van der Waals surface area contributed by atoms with Gasteiger partial charge in [0.1, 0.15) is 5.69 Å². The summed E-state index contributed by atoms with van der Waals surface area (Å²) in [4.78, 5) is 30.7. The van der Waals surface area contributed by atoms with Gasteiger partial charge >= 0.3 is 0 Å². The lowest BCUT2D eigenvalue weighted by molar-refractivity contribution is 0.0980. The zero-order valence-corrected chi connectivity index (χ0v) is 18.2. The smallest absolute Gasteiger partial charge is 0.224 e. The van der Waals surface area contributed by atoms with E-state index in [1.807, 2.05) is 35.8 Å². The molecule has 158 valence electrons. The first-order valence-electron chi connectivity index (χ1n) is 10.1. The monoisotopic (exact) mass is 433 g/mol. The normalized spacial score (nSPS) is 11.9. The average Bonchev–Trinajstić information content (AvgIpc) is 3.30. The molecule has 0 aliphatic rings. The Kier molecular flexibility index (Phi) is 6.47. The molecule has 7 nitrogen and oxygen atoms in total. The molecule has 1 unspecified atom stereocenters. The molecule has 4 heterocycles. The summed E-state index contributed by atoms with van der Waals surface area (Å²) in [5.74, 6) is 1.00. The van der Waals surface area contributed by atoms with Gasteiger partial charge in [0, 0.05) is 31.1 Å². The van der Waals surface area contributed by atoms with Gasteiger partial charge < -0.3 is 10.1 Å². The number of aryl methyl sites for hydroxylation is 1. The van der Waals surface area contributed by atoms with Gasteiger partial charge in [-0.15, -0.1) is 11.3 Å². The molecule has 0 radical (unpaired) electrons. The molecule has 0 saturated heterocycles. The van der Waals surface area contributed by atoms with Gasteiger partial charge in [0.2, 0.25) is 11.8 Å². The topological polar surface area (TPSA) is 89.9 Å². The highest BCUT2D eigenvalue weighted by atomic mass is 32.1. The van der Waals surface area contributed by atoms with Crippen LogP contribution in [0.2, 0.25) is 0 Å². The van der Waals surface area contributed by atoms with Crippen molar-refractivity contribution < 1.29 is 9.53 Å². The molecule has 0 aliphatic carbocycles. The minimum absolute atomic E-state index is 0.0110. The standard InChI is InChI=1S/C23H23N5O2S/c1-3-17(16-5-4-11-24-14-16)26-23-27-18-10-12-31-22(18)21(28-23)19(29)8-6-15-7-9-20(30-2)25-13-15/h4-5,7,9-14,17H,3,6,8H2,1-2H3,(H,26,27,28). The third-order valence-electron chi connectivity index (χ3n) is 5.01. The van der Waals surface area contributed by atoms with E-state index < -0.39 is 0 Å². The first-order valence-corrected chi connectivity index (χ1v) is 11.0. The van der Waals surface area contributed by atoms with Gasteiger partial charge in [-0.05, 0) is 41.5 Å². The molecule has 0 fully saturated rings. The van der Waals surface area contributed by atoms with Gasteiger partial charge in [0.05, 0.1) is 23.4 Å². The second-order valence-corrected chi connectivity index (χ2v) is 7.97. The predicted molar refractivity (Wildman–Crippen MR) is 122 cm³/mol. The van der Waals surface area contributed by atoms with E-state index in [1.165, 1.54) is 11.3 Å². The van der Waals surface area contributed by atoms with Crippen molar-refractivity contribution in [2.45, 2.75) is 32.2 Å². The predicted octanol–water partition coefficient (Wildman–Crippen LogP) is 4.87. The van der Waals surface area contributed by atoms with Crippen LogP contribution in [-0.2, 0) is 6.42 Å². The number of Topliss-reactive ketones (excluding diaryl/α,β-unsaturated/α-hetero) is 1. The number of methoxy groups -OCH3 is 1. The number of ketones is 1. The van der Waals surface area contributed by atoms with Crippen molar-refractivity contribution in [3.8, 4) is 5.88 Å². The summed E-state index contributed by atoms with van der Waals surface area (Å²) < 4.78 is 5.90. The van der Waals surface area contributed by atoms with Crippen molar-refractivity contribution in [2.75, 3.05) is 12.4 Å². The highest BCUT2D eigenvalue weighted by molar-refractivity contribution is 7.17. The fraction of sp³-hybridized carbons (Fsp3) is 0.261. The number of aromatic nitrogens is 4. The number of hydrogen-bond acceptors (Lipinski definition) is 8. The Morgan fingerprint density at radius 3 is 2.81 bits per heavy atom. The van der Waals surface area contributed by atoms with Crippen LogP contribution in [0.3, 0.4) is 0 Å². The number of fused-ring (bicyclic) bond motifs is 1. The number of carbonyl (C=O) groups excluding carboxylic acids is 1. The van der Waals surface area contributed by atoms with Crippen molar-refractivity contribution >= 4 is 33.3 Å². The lowest BCUT2D eigenvalue weighted by atomic mass is 10.1. The lowest BCUT2D eigenvalue weighted by Gasteiger charge is -2.17. The lowest BCUT2D eigenvalue weighted by Crippen LogP contribution is -2.14. The number of rotatable bonds is 9. The van der Waals surface area contributed by atoms with Gasteiger partial charge in [-0.3, -0.25) is 9.78 Å². The van der Waals surface area contributed by atoms with Gasteiger partial charge in [-0.25, -0.2) is 15.0 Å². The zero-order valence-electron chi connectivity index (χ0n) is 17.4. The molecule has 8 heteroatoms. The summed E-state index contributed by atoms with van der Waals surface area (Å²) in [5.41, 5.74) is 3.27. The highest BCUT2D eigenvalue weighted by Crippen LogP contribution is 2.27. The molecule has 31 heavy (non-hydrogen) atoms. The van der Waals surface area contributed by atoms with Crippen LogP contribution in [-0.4, -0.2) is 32.8 Å². The Balaban J connectivity index is 1.55. The van der Waals surface area contributed by atoms with E-state index in [0.717, 1.165) is 27.8 Å². The van der Waals surface area contributed by atoms with Crippen LogP contribution in [0, 0.1) is 0 Å². The second-order valence-electron chi connectivity index (χ2n) is 7.05. The van der Waals surface area contributed by atoms with Crippen LogP contribution in [0.15, 0.2) is 54.3 Å². The van der Waals surface area contributed by atoms with Crippen molar-refractivity contribution in [2.24, 2.45) is 0 Å². The van der Waals surface area contributed by atoms with E-state index in [4.69, 9.17) is 4.74 Å². The quantitative estimate of drug-likeness (QED) is 0.377. The molecular weight excluding hydrogens is 410 g/mol. The third kappa shape index (κ3) is 4.86. The molecule has 4 aromatic heterocycles. The summed E-state index contributed by atoms with van der Waals surface area (Å²) >= 11 is 1.49. The summed E-state index contributed by atoms with van der Waals surface area (Å²) in [7, 11) is 1.58. The molecule has 4 rings (SSSR count). The number of thiophene rings is 1. The van der Waals surface area contributed by atoms with Crippen LogP contribution in [0.25, 0.3) is 10.2 Å². The highest BCUT2D eigenvalue weighted by Gasteiger charge is 2.18. The Morgan fingerprint density at radius 2 is 2.10 bits per heavy atom. The molecule has 0 saturated carbocycles. The molecule has 0 bridgehead atoms. The SMILES string of the molecule is CCC(Nc1nc(C(=O)CCc2ccc(OC)nc2)c2sccc2n1)c1cccnc1. The number of ether oxygens (including phenoxy) is 1. The van der Waals surface area contributed by atoms with Gasteiger partial charge in [-0.1, -0.05) is 19.1 Å². The molecule has 1 atom stereocenters. The maximum atomic E-state index is 13.1.